The van der Waals surface area contributed by atoms with E-state index >= 15 is 0 Å². The van der Waals surface area contributed by atoms with Crippen LogP contribution in [-0.2, 0) is 6.54 Å². The van der Waals surface area contributed by atoms with E-state index in [0.29, 0.717) is 0 Å². The van der Waals surface area contributed by atoms with Crippen LogP contribution in [0.1, 0.15) is 50.5 Å². The molecule has 0 atom stereocenters. The molecule has 1 saturated carbocycles. The van der Waals surface area contributed by atoms with Crippen LogP contribution < -0.4 is 5.32 Å². The Hall–Kier alpha value is -0.890. The van der Waals surface area contributed by atoms with Gasteiger partial charge in [0.2, 0.25) is 0 Å². The van der Waals surface area contributed by atoms with Crippen molar-refractivity contribution in [3.63, 3.8) is 0 Å². The third kappa shape index (κ3) is 4.86. The Morgan fingerprint density at radius 1 is 1.00 bits per heavy atom. The Labute approximate surface area is 105 Å². The van der Waals surface area contributed by atoms with Crippen molar-refractivity contribution in [2.75, 3.05) is 6.54 Å². The lowest BCUT2D eigenvalue weighted by Crippen LogP contribution is -2.23. The first kappa shape index (κ1) is 12.6. The Balaban J connectivity index is 1.66. The van der Waals surface area contributed by atoms with Crippen LogP contribution in [-0.4, -0.2) is 11.5 Å². The molecule has 2 rings (SSSR count). The van der Waals surface area contributed by atoms with E-state index in [1.807, 2.05) is 12.4 Å². The molecule has 1 N–H and O–H groups in total. The molecule has 0 unspecified atom stereocenters. The summed E-state index contributed by atoms with van der Waals surface area (Å²) in [6.07, 6.45) is 13.8. The first-order valence-electron chi connectivity index (χ1n) is 7.05. The normalized spacial score (nSPS) is 18.6. The summed E-state index contributed by atoms with van der Waals surface area (Å²) in [5.74, 6) is 0.900. The van der Waals surface area contributed by atoms with E-state index < -0.39 is 0 Å². The molecule has 2 heteroatoms. The SMILES string of the molecule is c1cc(CNCC2CCCCCCC2)ccn1. The molecule has 0 aromatic carbocycles. The maximum Gasteiger partial charge on any atom is 0.0271 e. The lowest BCUT2D eigenvalue weighted by Gasteiger charge is -2.20. The summed E-state index contributed by atoms with van der Waals surface area (Å²) in [6, 6.07) is 4.18. The van der Waals surface area contributed by atoms with Crippen LogP contribution in [0.5, 0.6) is 0 Å². The van der Waals surface area contributed by atoms with E-state index in [9.17, 15) is 0 Å². The molecule has 1 aromatic heterocycles. The molecule has 0 bridgehead atoms. The third-order valence-corrected chi connectivity index (χ3v) is 3.74. The van der Waals surface area contributed by atoms with Gasteiger partial charge in [-0.05, 0) is 43.0 Å². The number of nitrogens with one attached hydrogen (secondary N) is 1. The van der Waals surface area contributed by atoms with E-state index in [1.165, 1.54) is 57.1 Å². The number of aromatic nitrogens is 1. The van der Waals surface area contributed by atoms with E-state index in [-0.39, 0.29) is 0 Å². The highest BCUT2D eigenvalue weighted by atomic mass is 14.9. The second-order valence-corrected chi connectivity index (χ2v) is 5.20. The van der Waals surface area contributed by atoms with Crippen molar-refractivity contribution in [2.24, 2.45) is 5.92 Å². The van der Waals surface area contributed by atoms with Gasteiger partial charge in [0.25, 0.3) is 0 Å². The lowest BCUT2D eigenvalue weighted by atomic mass is 9.91. The third-order valence-electron chi connectivity index (χ3n) is 3.74. The number of pyridine rings is 1. The van der Waals surface area contributed by atoms with Crippen LogP contribution >= 0.6 is 0 Å². The Morgan fingerprint density at radius 3 is 2.35 bits per heavy atom. The zero-order chi connectivity index (χ0) is 11.8. The van der Waals surface area contributed by atoms with E-state index in [4.69, 9.17) is 0 Å². The Morgan fingerprint density at radius 2 is 1.65 bits per heavy atom. The van der Waals surface area contributed by atoms with Crippen LogP contribution in [0.25, 0.3) is 0 Å². The molecule has 0 saturated heterocycles. The van der Waals surface area contributed by atoms with Gasteiger partial charge in [0.05, 0.1) is 0 Å². The standard InChI is InChI=1S/C15H24N2/c1-2-4-6-14(7-5-3-1)12-17-13-15-8-10-16-11-9-15/h8-11,14,17H,1-7,12-13H2. The number of rotatable bonds is 4. The van der Waals surface area contributed by atoms with Crippen molar-refractivity contribution >= 4 is 0 Å². The highest BCUT2D eigenvalue weighted by Crippen LogP contribution is 2.21. The van der Waals surface area contributed by atoms with E-state index in [1.54, 1.807) is 0 Å². The predicted octanol–water partition coefficient (Wildman–Crippen LogP) is 3.53. The van der Waals surface area contributed by atoms with Crippen molar-refractivity contribution in [2.45, 2.75) is 51.5 Å². The maximum atomic E-state index is 4.04. The second kappa shape index (κ2) is 7.44. The van der Waals surface area contributed by atoms with Gasteiger partial charge in [-0.3, -0.25) is 4.98 Å². The predicted molar refractivity (Wildman–Crippen MR) is 71.8 cm³/mol. The molecule has 0 aliphatic heterocycles. The van der Waals surface area contributed by atoms with Crippen molar-refractivity contribution < 1.29 is 0 Å². The quantitative estimate of drug-likeness (QED) is 0.859. The second-order valence-electron chi connectivity index (χ2n) is 5.20. The van der Waals surface area contributed by atoms with Crippen LogP contribution in [0, 0.1) is 5.92 Å². The van der Waals surface area contributed by atoms with Crippen molar-refractivity contribution in [1.82, 2.24) is 10.3 Å². The summed E-state index contributed by atoms with van der Waals surface area (Å²) in [5.41, 5.74) is 1.34. The molecular weight excluding hydrogens is 208 g/mol. The van der Waals surface area contributed by atoms with Crippen LogP contribution in [0.15, 0.2) is 24.5 Å². The van der Waals surface area contributed by atoms with Gasteiger partial charge in [0.15, 0.2) is 0 Å². The van der Waals surface area contributed by atoms with Gasteiger partial charge in [-0.15, -0.1) is 0 Å². The summed E-state index contributed by atoms with van der Waals surface area (Å²) in [4.78, 5) is 4.04. The number of nitrogens with zero attached hydrogens (tertiary/aromatic N) is 1. The molecule has 0 spiro atoms. The van der Waals surface area contributed by atoms with E-state index in [2.05, 4.69) is 22.4 Å². The summed E-state index contributed by atoms with van der Waals surface area (Å²) in [7, 11) is 0. The van der Waals surface area contributed by atoms with Gasteiger partial charge in [-0.25, -0.2) is 0 Å². The average Bonchev–Trinajstić information content (AvgIpc) is 2.33. The first-order chi connectivity index (χ1) is 8.45. The minimum Gasteiger partial charge on any atom is -0.312 e. The zero-order valence-corrected chi connectivity index (χ0v) is 10.7. The minimum absolute atomic E-state index is 0.900. The molecule has 1 fully saturated rings. The first-order valence-corrected chi connectivity index (χ1v) is 7.05. The summed E-state index contributed by atoms with van der Waals surface area (Å²) in [5, 5.41) is 3.59. The molecule has 1 aliphatic rings. The fourth-order valence-corrected chi connectivity index (χ4v) is 2.67. The molecule has 0 amide bonds. The van der Waals surface area contributed by atoms with Crippen molar-refractivity contribution in [1.29, 1.82) is 0 Å². The molecule has 94 valence electrons. The molecule has 2 nitrogen and oxygen atoms in total. The monoisotopic (exact) mass is 232 g/mol. The molecule has 17 heavy (non-hydrogen) atoms. The molecule has 1 aliphatic carbocycles. The largest absolute Gasteiger partial charge is 0.312 e. The maximum absolute atomic E-state index is 4.04. The molecular formula is C15H24N2. The molecule has 1 heterocycles. The molecule has 0 radical (unpaired) electrons. The van der Waals surface area contributed by atoms with Gasteiger partial charge < -0.3 is 5.32 Å². The van der Waals surface area contributed by atoms with Crippen molar-refractivity contribution in [3.8, 4) is 0 Å². The highest BCUT2D eigenvalue weighted by molar-refractivity contribution is 5.08. The summed E-state index contributed by atoms with van der Waals surface area (Å²) >= 11 is 0. The number of hydrogen-bond donors (Lipinski definition) is 1. The van der Waals surface area contributed by atoms with Crippen LogP contribution in [0.4, 0.5) is 0 Å². The fraction of sp³-hybridized carbons (Fsp3) is 0.667. The average molecular weight is 232 g/mol. The van der Waals surface area contributed by atoms with Crippen LogP contribution in [0.2, 0.25) is 0 Å². The smallest absolute Gasteiger partial charge is 0.0271 e. The van der Waals surface area contributed by atoms with Crippen molar-refractivity contribution in [3.05, 3.63) is 30.1 Å². The molecule has 1 aromatic rings. The Bertz CT molecular complexity index is 289. The summed E-state index contributed by atoms with van der Waals surface area (Å²) in [6.45, 7) is 2.17. The Kier molecular flexibility index (Phi) is 5.50. The lowest BCUT2D eigenvalue weighted by molar-refractivity contribution is 0.360. The minimum atomic E-state index is 0.900. The van der Waals surface area contributed by atoms with Gasteiger partial charge in [-0.1, -0.05) is 32.1 Å². The summed E-state index contributed by atoms with van der Waals surface area (Å²) < 4.78 is 0. The number of hydrogen-bond acceptors (Lipinski definition) is 2. The topological polar surface area (TPSA) is 24.9 Å². The van der Waals surface area contributed by atoms with Gasteiger partial charge in [0, 0.05) is 18.9 Å². The highest BCUT2D eigenvalue weighted by Gasteiger charge is 2.10. The fourth-order valence-electron chi connectivity index (χ4n) is 2.67. The van der Waals surface area contributed by atoms with Crippen LogP contribution in [0.3, 0.4) is 0 Å². The van der Waals surface area contributed by atoms with Gasteiger partial charge in [0.1, 0.15) is 0 Å². The van der Waals surface area contributed by atoms with Gasteiger partial charge >= 0.3 is 0 Å². The van der Waals surface area contributed by atoms with E-state index in [0.717, 1.165) is 12.5 Å². The van der Waals surface area contributed by atoms with Gasteiger partial charge in [-0.2, -0.15) is 0 Å². The zero-order valence-electron chi connectivity index (χ0n) is 10.7.